The Morgan fingerprint density at radius 3 is 2.93 bits per heavy atom. The van der Waals surface area contributed by atoms with Crippen molar-refractivity contribution in [3.63, 3.8) is 0 Å². The van der Waals surface area contributed by atoms with E-state index >= 15 is 0 Å². The first-order valence-electron chi connectivity index (χ1n) is 4.41. The fraction of sp³-hybridized carbons (Fsp3) is 0.444. The third kappa shape index (κ3) is 2.52. The van der Waals surface area contributed by atoms with Crippen molar-refractivity contribution in [3.8, 4) is 0 Å². The van der Waals surface area contributed by atoms with Crippen molar-refractivity contribution in [1.29, 1.82) is 0 Å². The van der Waals surface area contributed by atoms with Gasteiger partial charge in [0.2, 0.25) is 0 Å². The SMILES string of the molecule is O=C(O)c1cc(SC2COCC2O)cs1. The first-order valence-corrected chi connectivity index (χ1v) is 6.17. The minimum absolute atomic E-state index is 0.0150. The largest absolute Gasteiger partial charge is 0.477 e. The zero-order chi connectivity index (χ0) is 10.8. The Balaban J connectivity index is 2.01. The van der Waals surface area contributed by atoms with Crippen molar-refractivity contribution in [2.45, 2.75) is 16.2 Å². The molecule has 1 saturated heterocycles. The average Bonchev–Trinajstić information content (AvgIpc) is 2.77. The van der Waals surface area contributed by atoms with Crippen LogP contribution in [0.3, 0.4) is 0 Å². The van der Waals surface area contributed by atoms with Gasteiger partial charge in [0.05, 0.1) is 24.6 Å². The van der Waals surface area contributed by atoms with Gasteiger partial charge >= 0.3 is 5.97 Å². The molecule has 0 spiro atoms. The Morgan fingerprint density at radius 2 is 2.40 bits per heavy atom. The van der Waals surface area contributed by atoms with Gasteiger partial charge in [-0.1, -0.05) is 0 Å². The number of carboxylic acid groups (broad SMARTS) is 1. The minimum Gasteiger partial charge on any atom is -0.477 e. The Hall–Kier alpha value is -0.560. The number of aliphatic hydroxyl groups excluding tert-OH is 1. The molecule has 6 heteroatoms. The van der Waals surface area contributed by atoms with Crippen molar-refractivity contribution in [2.24, 2.45) is 0 Å². The van der Waals surface area contributed by atoms with E-state index in [9.17, 15) is 9.90 Å². The highest BCUT2D eigenvalue weighted by atomic mass is 32.2. The number of ether oxygens (including phenoxy) is 1. The highest BCUT2D eigenvalue weighted by Crippen LogP contribution is 2.32. The Labute approximate surface area is 94.9 Å². The van der Waals surface area contributed by atoms with Gasteiger partial charge in [-0.3, -0.25) is 0 Å². The zero-order valence-corrected chi connectivity index (χ0v) is 9.38. The fourth-order valence-corrected chi connectivity index (χ4v) is 3.29. The molecule has 0 radical (unpaired) electrons. The van der Waals surface area contributed by atoms with Gasteiger partial charge in [-0.2, -0.15) is 0 Å². The molecule has 15 heavy (non-hydrogen) atoms. The monoisotopic (exact) mass is 246 g/mol. The first kappa shape index (κ1) is 10.9. The van der Waals surface area contributed by atoms with Gasteiger partial charge in [0.15, 0.2) is 0 Å². The van der Waals surface area contributed by atoms with Crippen LogP contribution in [0.25, 0.3) is 0 Å². The van der Waals surface area contributed by atoms with Crippen LogP contribution in [-0.4, -0.2) is 40.8 Å². The molecule has 2 atom stereocenters. The zero-order valence-electron chi connectivity index (χ0n) is 7.75. The van der Waals surface area contributed by atoms with Gasteiger partial charge in [-0.15, -0.1) is 23.1 Å². The number of aliphatic hydroxyl groups is 1. The van der Waals surface area contributed by atoms with E-state index in [1.54, 1.807) is 11.4 Å². The second-order valence-electron chi connectivity index (χ2n) is 3.21. The van der Waals surface area contributed by atoms with Crippen LogP contribution in [0.1, 0.15) is 9.67 Å². The molecule has 2 N–H and O–H groups in total. The molecule has 1 aromatic heterocycles. The van der Waals surface area contributed by atoms with Crippen molar-refractivity contribution < 1.29 is 19.7 Å². The molecule has 0 saturated carbocycles. The maximum Gasteiger partial charge on any atom is 0.345 e. The van der Waals surface area contributed by atoms with Gasteiger partial charge in [0, 0.05) is 10.3 Å². The van der Waals surface area contributed by atoms with Crippen molar-refractivity contribution in [3.05, 3.63) is 16.3 Å². The van der Waals surface area contributed by atoms with E-state index in [0.29, 0.717) is 18.1 Å². The molecule has 1 fully saturated rings. The summed E-state index contributed by atoms with van der Waals surface area (Å²) in [6.07, 6.45) is -0.455. The molecule has 2 heterocycles. The summed E-state index contributed by atoms with van der Waals surface area (Å²) >= 11 is 2.67. The fourth-order valence-electron chi connectivity index (χ4n) is 1.30. The lowest BCUT2D eigenvalue weighted by atomic mass is 10.3. The average molecular weight is 246 g/mol. The number of aromatic carboxylic acids is 1. The molecule has 1 aliphatic rings. The predicted molar refractivity (Wildman–Crippen MR) is 57.7 cm³/mol. The van der Waals surface area contributed by atoms with Crippen LogP contribution in [0, 0.1) is 0 Å². The highest BCUT2D eigenvalue weighted by Gasteiger charge is 2.27. The summed E-state index contributed by atoms with van der Waals surface area (Å²) in [6.45, 7) is 0.887. The number of thiophene rings is 1. The summed E-state index contributed by atoms with van der Waals surface area (Å²) in [5.74, 6) is -0.907. The Morgan fingerprint density at radius 1 is 1.60 bits per heavy atom. The van der Waals surface area contributed by atoms with Crippen LogP contribution in [0.4, 0.5) is 0 Å². The molecular formula is C9H10O4S2. The van der Waals surface area contributed by atoms with E-state index in [2.05, 4.69) is 0 Å². The van der Waals surface area contributed by atoms with Crippen LogP contribution in [0.15, 0.2) is 16.3 Å². The van der Waals surface area contributed by atoms with Crippen LogP contribution < -0.4 is 0 Å². The van der Waals surface area contributed by atoms with Crippen molar-refractivity contribution in [2.75, 3.05) is 13.2 Å². The molecule has 4 nitrogen and oxygen atoms in total. The standard InChI is InChI=1S/C9H10O4S2/c10-6-2-13-3-8(6)15-5-1-7(9(11)12)14-4-5/h1,4,6,8,10H,2-3H2,(H,11,12). The number of carbonyl (C=O) groups is 1. The van der Waals surface area contributed by atoms with Crippen LogP contribution in [0.5, 0.6) is 0 Å². The molecule has 2 unspecified atom stereocenters. The summed E-state index contributed by atoms with van der Waals surface area (Å²) < 4.78 is 5.11. The lowest BCUT2D eigenvalue weighted by molar-refractivity contribution is 0.0702. The van der Waals surface area contributed by atoms with Gasteiger partial charge in [-0.05, 0) is 6.07 Å². The van der Waals surface area contributed by atoms with Crippen molar-refractivity contribution >= 4 is 29.1 Å². The number of thioether (sulfide) groups is 1. The molecular weight excluding hydrogens is 236 g/mol. The maximum atomic E-state index is 10.6. The van der Waals surface area contributed by atoms with E-state index < -0.39 is 12.1 Å². The van der Waals surface area contributed by atoms with E-state index in [4.69, 9.17) is 9.84 Å². The Kier molecular flexibility index (Phi) is 3.30. The highest BCUT2D eigenvalue weighted by molar-refractivity contribution is 8.00. The maximum absolute atomic E-state index is 10.6. The van der Waals surface area contributed by atoms with E-state index in [1.165, 1.54) is 23.1 Å². The van der Waals surface area contributed by atoms with Crippen LogP contribution in [0.2, 0.25) is 0 Å². The molecule has 0 bridgehead atoms. The van der Waals surface area contributed by atoms with Gasteiger partial charge in [0.1, 0.15) is 4.88 Å². The summed E-state index contributed by atoms with van der Waals surface area (Å²) in [5.41, 5.74) is 0. The number of carboxylic acids is 1. The summed E-state index contributed by atoms with van der Waals surface area (Å²) in [5, 5.41) is 20.1. The Bertz CT molecular complexity index is 363. The van der Waals surface area contributed by atoms with E-state index in [1.807, 2.05) is 0 Å². The smallest absolute Gasteiger partial charge is 0.345 e. The molecule has 0 aliphatic carbocycles. The normalized spacial score (nSPS) is 25.7. The molecule has 2 rings (SSSR count). The third-order valence-corrected chi connectivity index (χ3v) is 4.40. The van der Waals surface area contributed by atoms with Gasteiger partial charge in [-0.25, -0.2) is 4.79 Å². The summed E-state index contributed by atoms with van der Waals surface area (Å²) in [4.78, 5) is 11.8. The van der Waals surface area contributed by atoms with E-state index in [-0.39, 0.29) is 5.25 Å². The molecule has 1 aromatic rings. The quantitative estimate of drug-likeness (QED) is 0.841. The van der Waals surface area contributed by atoms with Crippen molar-refractivity contribution in [1.82, 2.24) is 0 Å². The predicted octanol–water partition coefficient (Wildman–Crippen LogP) is 1.30. The summed E-state index contributed by atoms with van der Waals surface area (Å²) in [7, 11) is 0. The lowest BCUT2D eigenvalue weighted by Crippen LogP contribution is -2.19. The van der Waals surface area contributed by atoms with Crippen LogP contribution in [-0.2, 0) is 4.74 Å². The second-order valence-corrected chi connectivity index (χ2v) is 5.44. The molecule has 0 aromatic carbocycles. The molecule has 1 aliphatic heterocycles. The second kappa shape index (κ2) is 4.52. The first-order chi connectivity index (χ1) is 7.16. The van der Waals surface area contributed by atoms with Gasteiger partial charge < -0.3 is 14.9 Å². The molecule has 0 amide bonds. The van der Waals surface area contributed by atoms with Crippen LogP contribution >= 0.6 is 23.1 Å². The topological polar surface area (TPSA) is 66.8 Å². The minimum atomic E-state index is -0.907. The van der Waals surface area contributed by atoms with E-state index in [0.717, 1.165) is 4.90 Å². The van der Waals surface area contributed by atoms with Gasteiger partial charge in [0.25, 0.3) is 0 Å². The number of rotatable bonds is 3. The third-order valence-electron chi connectivity index (χ3n) is 2.07. The number of hydrogen-bond acceptors (Lipinski definition) is 5. The molecule has 82 valence electrons. The lowest BCUT2D eigenvalue weighted by Gasteiger charge is -2.09. The number of hydrogen-bond donors (Lipinski definition) is 2. The summed E-state index contributed by atoms with van der Waals surface area (Å²) in [6, 6.07) is 1.63.